The first-order chi connectivity index (χ1) is 12.2. The molecule has 0 N–H and O–H groups in total. The van der Waals surface area contributed by atoms with Gasteiger partial charge < -0.3 is 14.4 Å². The number of carbonyl (C=O) groups is 1. The van der Waals surface area contributed by atoms with E-state index < -0.39 is 0 Å². The minimum Gasteiger partial charge on any atom is -0.496 e. The maximum Gasteiger partial charge on any atom is 0.258 e. The van der Waals surface area contributed by atoms with Crippen molar-refractivity contribution in [2.24, 2.45) is 0 Å². The van der Waals surface area contributed by atoms with Crippen LogP contribution in [0.5, 0.6) is 5.75 Å². The molecule has 1 aliphatic heterocycles. The molecule has 0 spiro atoms. The summed E-state index contributed by atoms with van der Waals surface area (Å²) in [4.78, 5) is 23.6. The van der Waals surface area contributed by atoms with Gasteiger partial charge in [-0.15, -0.1) is 0 Å². The van der Waals surface area contributed by atoms with Gasteiger partial charge >= 0.3 is 0 Å². The van der Waals surface area contributed by atoms with E-state index in [1.165, 1.54) is 0 Å². The van der Waals surface area contributed by atoms with Gasteiger partial charge in [-0.2, -0.15) is 0 Å². The number of aromatic nitrogens is 2. The lowest BCUT2D eigenvalue weighted by atomic mass is 10.0. The van der Waals surface area contributed by atoms with E-state index in [9.17, 15) is 4.79 Å². The largest absolute Gasteiger partial charge is 0.496 e. The first kappa shape index (κ1) is 17.4. The SMILES string of the molecule is COc1ccccc1C(=O)N1CCOCC1CCc1nccnc1C. The lowest BCUT2D eigenvalue weighted by Crippen LogP contribution is -2.49. The topological polar surface area (TPSA) is 64.5 Å². The van der Waals surface area contributed by atoms with Crippen LogP contribution in [-0.2, 0) is 11.2 Å². The van der Waals surface area contributed by atoms with Crippen molar-refractivity contribution in [1.82, 2.24) is 14.9 Å². The molecule has 1 atom stereocenters. The summed E-state index contributed by atoms with van der Waals surface area (Å²) < 4.78 is 11.0. The number of methoxy groups -OCH3 is 1. The highest BCUT2D eigenvalue weighted by Crippen LogP contribution is 2.23. The molecule has 0 aliphatic carbocycles. The summed E-state index contributed by atoms with van der Waals surface area (Å²) in [5.41, 5.74) is 2.49. The maximum absolute atomic E-state index is 13.0. The zero-order valence-electron chi connectivity index (χ0n) is 14.6. The molecule has 1 aromatic carbocycles. The molecule has 0 radical (unpaired) electrons. The second-order valence-corrected chi connectivity index (χ2v) is 6.05. The Morgan fingerprint density at radius 2 is 2.12 bits per heavy atom. The van der Waals surface area contributed by atoms with Gasteiger partial charge in [0.05, 0.1) is 43.3 Å². The molecule has 6 heteroatoms. The van der Waals surface area contributed by atoms with Crippen molar-refractivity contribution in [2.75, 3.05) is 26.9 Å². The summed E-state index contributed by atoms with van der Waals surface area (Å²) in [5.74, 6) is 0.587. The van der Waals surface area contributed by atoms with Crippen molar-refractivity contribution in [2.45, 2.75) is 25.8 Å². The van der Waals surface area contributed by atoms with Crippen molar-refractivity contribution in [3.05, 3.63) is 53.6 Å². The molecule has 1 unspecified atom stereocenters. The Bertz CT molecular complexity index is 735. The molecule has 0 saturated carbocycles. The van der Waals surface area contributed by atoms with E-state index in [0.717, 1.165) is 24.2 Å². The molecule has 1 saturated heterocycles. The molecule has 2 aromatic rings. The standard InChI is InChI=1S/C19H23N3O3/c1-14-17(21-10-9-20-14)8-7-15-13-25-12-11-22(15)19(23)16-5-3-4-6-18(16)24-2/h3-6,9-10,15H,7-8,11-13H2,1-2H3. The van der Waals surface area contributed by atoms with Gasteiger partial charge in [-0.1, -0.05) is 12.1 Å². The second kappa shape index (κ2) is 8.07. The normalized spacial score (nSPS) is 17.4. The minimum absolute atomic E-state index is 0.0124. The molecule has 25 heavy (non-hydrogen) atoms. The number of hydrogen-bond acceptors (Lipinski definition) is 5. The van der Waals surface area contributed by atoms with E-state index >= 15 is 0 Å². The monoisotopic (exact) mass is 341 g/mol. The number of hydrogen-bond donors (Lipinski definition) is 0. The Labute approximate surface area is 147 Å². The summed E-state index contributed by atoms with van der Waals surface area (Å²) in [6.07, 6.45) is 4.96. The lowest BCUT2D eigenvalue weighted by Gasteiger charge is -2.36. The number of para-hydroxylation sites is 1. The lowest BCUT2D eigenvalue weighted by molar-refractivity contribution is -0.00428. The Morgan fingerprint density at radius 3 is 2.92 bits per heavy atom. The van der Waals surface area contributed by atoms with Crippen LogP contribution in [0.1, 0.15) is 28.2 Å². The van der Waals surface area contributed by atoms with Gasteiger partial charge in [-0.3, -0.25) is 14.8 Å². The molecule has 1 amide bonds. The fourth-order valence-electron chi connectivity index (χ4n) is 3.12. The number of nitrogens with zero attached hydrogens (tertiary/aromatic N) is 3. The van der Waals surface area contributed by atoms with Crippen LogP contribution in [0.2, 0.25) is 0 Å². The molecule has 1 aliphatic rings. The average Bonchev–Trinajstić information content (AvgIpc) is 2.67. The molecule has 1 fully saturated rings. The second-order valence-electron chi connectivity index (χ2n) is 6.05. The molecular formula is C19H23N3O3. The molecule has 2 heterocycles. The van der Waals surface area contributed by atoms with Gasteiger partial charge in [0, 0.05) is 18.9 Å². The van der Waals surface area contributed by atoms with Crippen molar-refractivity contribution in [3.8, 4) is 5.75 Å². The number of morpholine rings is 1. The van der Waals surface area contributed by atoms with Gasteiger partial charge in [0.1, 0.15) is 5.75 Å². The van der Waals surface area contributed by atoms with Gasteiger partial charge in [0.15, 0.2) is 0 Å². The van der Waals surface area contributed by atoms with Crippen molar-refractivity contribution >= 4 is 5.91 Å². The number of rotatable bonds is 5. The Morgan fingerprint density at radius 1 is 1.32 bits per heavy atom. The van der Waals surface area contributed by atoms with Crippen LogP contribution in [0, 0.1) is 6.92 Å². The van der Waals surface area contributed by atoms with Crippen LogP contribution in [0.15, 0.2) is 36.7 Å². The van der Waals surface area contributed by atoms with Crippen LogP contribution >= 0.6 is 0 Å². The third kappa shape index (κ3) is 3.96. The fraction of sp³-hybridized carbons (Fsp3) is 0.421. The molecule has 6 nitrogen and oxygen atoms in total. The zero-order valence-corrected chi connectivity index (χ0v) is 14.6. The number of ether oxygens (including phenoxy) is 2. The van der Waals surface area contributed by atoms with Crippen molar-refractivity contribution in [3.63, 3.8) is 0 Å². The number of amides is 1. The number of carbonyl (C=O) groups excluding carboxylic acids is 1. The van der Waals surface area contributed by atoms with Crippen LogP contribution < -0.4 is 4.74 Å². The fourth-order valence-corrected chi connectivity index (χ4v) is 3.12. The average molecular weight is 341 g/mol. The summed E-state index contributed by atoms with van der Waals surface area (Å²) in [6.45, 7) is 3.64. The van der Waals surface area contributed by atoms with Gasteiger partial charge in [-0.05, 0) is 31.9 Å². The van der Waals surface area contributed by atoms with E-state index in [1.807, 2.05) is 30.0 Å². The third-order valence-electron chi connectivity index (χ3n) is 4.52. The van der Waals surface area contributed by atoms with Crippen LogP contribution in [0.25, 0.3) is 0 Å². The Kier molecular flexibility index (Phi) is 5.60. The summed E-state index contributed by atoms with van der Waals surface area (Å²) in [6, 6.07) is 7.36. The summed E-state index contributed by atoms with van der Waals surface area (Å²) in [7, 11) is 1.58. The van der Waals surface area contributed by atoms with Crippen LogP contribution in [0.4, 0.5) is 0 Å². The minimum atomic E-state index is -0.0124. The molecule has 3 rings (SSSR count). The first-order valence-electron chi connectivity index (χ1n) is 8.49. The van der Waals surface area contributed by atoms with Crippen molar-refractivity contribution in [1.29, 1.82) is 0 Å². The van der Waals surface area contributed by atoms with Crippen molar-refractivity contribution < 1.29 is 14.3 Å². The van der Waals surface area contributed by atoms with E-state index in [1.54, 1.807) is 25.6 Å². The van der Waals surface area contributed by atoms with Gasteiger partial charge in [0.2, 0.25) is 0 Å². The van der Waals surface area contributed by atoms with E-state index in [4.69, 9.17) is 9.47 Å². The molecular weight excluding hydrogens is 318 g/mol. The Balaban J connectivity index is 1.74. The Hall–Kier alpha value is -2.47. The predicted molar refractivity (Wildman–Crippen MR) is 93.7 cm³/mol. The highest BCUT2D eigenvalue weighted by molar-refractivity contribution is 5.97. The predicted octanol–water partition coefficient (Wildman–Crippen LogP) is 2.27. The van der Waals surface area contributed by atoms with E-state index in [0.29, 0.717) is 31.1 Å². The van der Waals surface area contributed by atoms with Gasteiger partial charge in [0.25, 0.3) is 5.91 Å². The summed E-state index contributed by atoms with van der Waals surface area (Å²) in [5, 5.41) is 0. The molecule has 0 bridgehead atoms. The number of benzene rings is 1. The third-order valence-corrected chi connectivity index (χ3v) is 4.52. The maximum atomic E-state index is 13.0. The highest BCUT2D eigenvalue weighted by atomic mass is 16.5. The smallest absolute Gasteiger partial charge is 0.258 e. The quantitative estimate of drug-likeness (QED) is 0.835. The molecule has 1 aromatic heterocycles. The number of aryl methyl sites for hydroxylation is 2. The summed E-state index contributed by atoms with van der Waals surface area (Å²) >= 11 is 0. The molecule has 132 valence electrons. The zero-order chi connectivity index (χ0) is 17.6. The first-order valence-corrected chi connectivity index (χ1v) is 8.49. The highest BCUT2D eigenvalue weighted by Gasteiger charge is 2.29. The van der Waals surface area contributed by atoms with Crippen LogP contribution in [0.3, 0.4) is 0 Å². The van der Waals surface area contributed by atoms with Crippen LogP contribution in [-0.4, -0.2) is 53.7 Å². The van der Waals surface area contributed by atoms with E-state index in [-0.39, 0.29) is 11.9 Å². The van der Waals surface area contributed by atoms with E-state index in [2.05, 4.69) is 9.97 Å². The van der Waals surface area contributed by atoms with Gasteiger partial charge in [-0.25, -0.2) is 0 Å².